The molecule has 15 heteroatoms. The van der Waals surface area contributed by atoms with Crippen LogP contribution < -0.4 is 18.1 Å². The Balaban J connectivity index is 1.77. The molecule has 0 unspecified atom stereocenters. The molecule has 3 aliphatic heterocycles. The van der Waals surface area contributed by atoms with E-state index in [0.29, 0.717) is 0 Å². The second-order valence-electron chi connectivity index (χ2n) is 8.42. The number of halogens is 8. The van der Waals surface area contributed by atoms with E-state index in [4.69, 9.17) is 120 Å². The molecule has 1 spiro atoms. The first kappa shape index (κ1) is 25.9. The van der Waals surface area contributed by atoms with Gasteiger partial charge in [0, 0.05) is 0 Å². The minimum atomic E-state index is -6.25. The molecule has 1 saturated heterocycles. The van der Waals surface area contributed by atoms with Crippen LogP contribution in [0.15, 0.2) is 0 Å². The Labute approximate surface area is 234 Å². The Morgan fingerprint density at radius 2 is 0.882 bits per heavy atom. The first-order valence-corrected chi connectivity index (χ1v) is 15.0. The number of fused-ring (bicyclic) bond motifs is 2. The van der Waals surface area contributed by atoms with E-state index in [1.165, 1.54) is 0 Å². The third kappa shape index (κ3) is 3.28. The van der Waals surface area contributed by atoms with Crippen LogP contribution in [0.3, 0.4) is 0 Å². The van der Waals surface area contributed by atoms with E-state index in [-0.39, 0.29) is 76.4 Å². The molecular weight excluding hydrogens is 639 g/mol. The quantitative estimate of drug-likeness (QED) is 0.183. The van der Waals surface area contributed by atoms with Crippen LogP contribution in [-0.4, -0.2) is 13.2 Å². The molecule has 0 bridgehead atoms. The van der Waals surface area contributed by atoms with Crippen LogP contribution in [-0.2, 0) is 9.05 Å². The predicted octanol–water partition coefficient (Wildman–Crippen LogP) is 10.6. The number of benzene rings is 2. The fraction of sp³-hybridized carbons (Fsp3) is 0.368. The van der Waals surface area contributed by atoms with Gasteiger partial charge in [0.15, 0.2) is 0 Å². The Bertz CT molecular complexity index is 1120. The van der Waals surface area contributed by atoms with Crippen LogP contribution in [0.4, 0.5) is 0 Å². The Hall–Kier alpha value is 0.310. The summed E-state index contributed by atoms with van der Waals surface area (Å²) in [5.74, 6) is -0.637. The first-order valence-electron chi connectivity index (χ1n) is 9.77. The van der Waals surface area contributed by atoms with Crippen molar-refractivity contribution in [3.8, 4) is 23.0 Å². The summed E-state index contributed by atoms with van der Waals surface area (Å²) in [6, 6.07) is 0. The van der Waals surface area contributed by atoms with Crippen molar-refractivity contribution in [1.82, 2.24) is 0 Å². The normalized spacial score (nSPS) is 26.8. The topological polar surface area (TPSA) is 55.4 Å². The van der Waals surface area contributed by atoms with E-state index >= 15 is 0 Å². The molecule has 3 aliphatic rings. The van der Waals surface area contributed by atoms with Crippen molar-refractivity contribution in [1.29, 1.82) is 0 Å². The predicted molar refractivity (Wildman–Crippen MR) is 137 cm³/mol. The van der Waals surface area contributed by atoms with Crippen LogP contribution in [0.2, 0.25) is 40.2 Å². The summed E-state index contributed by atoms with van der Waals surface area (Å²) >= 11 is 50.7. The molecule has 5 rings (SSSR count). The molecule has 3 heterocycles. The van der Waals surface area contributed by atoms with Gasteiger partial charge in [0.2, 0.25) is 0 Å². The van der Waals surface area contributed by atoms with Crippen LogP contribution in [0.25, 0.3) is 0 Å². The average molecular weight is 653 g/mol. The molecule has 0 amide bonds. The maximum atomic E-state index is 6.43. The number of rotatable bonds is 2. The SMILES string of the molecule is CCCC1(C)CO[P-]23(OC1)(Oc1c(Cl)c(Cl)c(Cl)c(Cl)c1O2)Oc1c(Cl)c(Cl)c(Cl)c(Cl)c1O3. The van der Waals surface area contributed by atoms with E-state index in [1.54, 1.807) is 0 Å². The van der Waals surface area contributed by atoms with Gasteiger partial charge in [-0.05, 0) is 0 Å². The van der Waals surface area contributed by atoms with Crippen molar-refractivity contribution in [2.24, 2.45) is 5.41 Å². The van der Waals surface area contributed by atoms with Gasteiger partial charge in [-0.15, -0.1) is 0 Å². The van der Waals surface area contributed by atoms with E-state index in [0.717, 1.165) is 12.8 Å². The monoisotopic (exact) mass is 649 g/mol. The second-order valence-corrected chi connectivity index (χ2v) is 14.9. The molecule has 0 atom stereocenters. The molecule has 0 N–H and O–H groups in total. The van der Waals surface area contributed by atoms with Crippen molar-refractivity contribution in [2.45, 2.75) is 26.7 Å². The van der Waals surface area contributed by atoms with Crippen LogP contribution in [0.5, 0.6) is 23.0 Å². The van der Waals surface area contributed by atoms with Crippen molar-refractivity contribution in [2.75, 3.05) is 13.2 Å². The van der Waals surface area contributed by atoms with Crippen molar-refractivity contribution >= 4 is 100 Å². The van der Waals surface area contributed by atoms with Gasteiger partial charge in [-0.3, -0.25) is 0 Å². The Morgan fingerprint density at radius 3 is 1.15 bits per heavy atom. The number of hydrogen-bond acceptors (Lipinski definition) is 6. The van der Waals surface area contributed by atoms with Crippen LogP contribution >= 0.6 is 100 Å². The summed E-state index contributed by atoms with van der Waals surface area (Å²) in [4.78, 5) is 0. The molecule has 2 aromatic rings. The van der Waals surface area contributed by atoms with Gasteiger partial charge in [-0.1, -0.05) is 0 Å². The molecule has 0 aromatic heterocycles. The van der Waals surface area contributed by atoms with Gasteiger partial charge >= 0.3 is 236 Å². The van der Waals surface area contributed by atoms with Crippen molar-refractivity contribution in [3.05, 3.63) is 40.2 Å². The maximum absolute atomic E-state index is 6.43. The molecule has 0 radical (unpaired) electrons. The van der Waals surface area contributed by atoms with E-state index in [2.05, 4.69) is 0 Å². The number of hydrogen-bond donors (Lipinski definition) is 0. The third-order valence-corrected chi connectivity index (χ3v) is 12.8. The van der Waals surface area contributed by atoms with Crippen molar-refractivity contribution in [3.63, 3.8) is 0 Å². The van der Waals surface area contributed by atoms with Gasteiger partial charge in [0.1, 0.15) is 0 Å². The Morgan fingerprint density at radius 1 is 0.588 bits per heavy atom. The summed E-state index contributed by atoms with van der Waals surface area (Å²) in [6.45, 7) is 4.07. The van der Waals surface area contributed by atoms with Gasteiger partial charge in [-0.25, -0.2) is 0 Å². The fourth-order valence-electron chi connectivity index (χ4n) is 3.98. The average Bonchev–Trinajstić information content (AvgIpc) is 3.30. The second kappa shape index (κ2) is 7.68. The zero-order valence-electron chi connectivity index (χ0n) is 17.2. The standard InChI is InChI=1S/C19H14Cl8O6P/c1-3-4-19(2)5-28-34(29-6-19,30-15-11(24)7(20)8(21)12(25)16(15)31-34)32-17-13(26)9(22)10(23)14(27)18(17)33-34/h3-6H2,1-2H3/q-1. The van der Waals surface area contributed by atoms with Crippen molar-refractivity contribution < 1.29 is 27.1 Å². The zero-order chi connectivity index (χ0) is 24.9. The third-order valence-electron chi connectivity index (χ3n) is 5.68. The van der Waals surface area contributed by atoms with E-state index in [1.807, 2.05) is 13.8 Å². The molecule has 0 aliphatic carbocycles. The summed E-state index contributed by atoms with van der Waals surface area (Å²) in [5, 5.41) is -0.866. The van der Waals surface area contributed by atoms with Gasteiger partial charge in [0.05, 0.1) is 0 Å². The van der Waals surface area contributed by atoms with E-state index in [9.17, 15) is 0 Å². The summed E-state index contributed by atoms with van der Waals surface area (Å²) in [5.41, 5.74) is -0.442. The molecule has 0 saturated carbocycles. The summed E-state index contributed by atoms with van der Waals surface area (Å²) in [7, 11) is -6.25. The van der Waals surface area contributed by atoms with Crippen LogP contribution in [0, 0.1) is 5.41 Å². The Kier molecular flexibility index (Phi) is 5.86. The molecule has 1 fully saturated rings. The van der Waals surface area contributed by atoms with Gasteiger partial charge in [0.25, 0.3) is 0 Å². The minimum absolute atomic E-state index is 0.0338. The van der Waals surface area contributed by atoms with E-state index < -0.39 is 12.7 Å². The molecule has 34 heavy (non-hydrogen) atoms. The summed E-state index contributed by atoms with van der Waals surface area (Å²) < 4.78 is 37.5. The first-order chi connectivity index (χ1) is 15.8. The zero-order valence-corrected chi connectivity index (χ0v) is 24.2. The van der Waals surface area contributed by atoms with Gasteiger partial charge < -0.3 is 0 Å². The van der Waals surface area contributed by atoms with Crippen LogP contribution in [0.1, 0.15) is 26.7 Å². The molecular formula is C19H14Cl8O6P-. The molecule has 6 nitrogen and oxygen atoms in total. The molecule has 188 valence electrons. The van der Waals surface area contributed by atoms with Gasteiger partial charge in [-0.2, -0.15) is 0 Å². The summed E-state index contributed by atoms with van der Waals surface area (Å²) in [6.07, 6.45) is 1.61. The molecule has 2 aromatic carbocycles. The fourth-order valence-corrected chi connectivity index (χ4v) is 10.0.